The number of rotatable bonds is 3. The van der Waals surface area contributed by atoms with Crippen LogP contribution in [0, 0.1) is 0 Å². The van der Waals surface area contributed by atoms with E-state index in [-0.39, 0.29) is 0 Å². The normalized spacial score (nSPS) is 15.1. The van der Waals surface area contributed by atoms with Crippen LogP contribution in [-0.2, 0) is 13.5 Å². The lowest BCUT2D eigenvalue weighted by Gasteiger charge is -2.05. The molecule has 5 heteroatoms. The minimum Gasteiger partial charge on any atom is -0.356 e. The average molecular weight is 193 g/mol. The first-order valence-electron chi connectivity index (χ1n) is 4.84. The van der Waals surface area contributed by atoms with E-state index in [1.54, 1.807) is 0 Å². The van der Waals surface area contributed by atoms with E-state index in [2.05, 4.69) is 20.6 Å². The third kappa shape index (κ3) is 2.04. The lowest BCUT2D eigenvalue weighted by Crippen LogP contribution is -2.35. The van der Waals surface area contributed by atoms with E-state index >= 15 is 0 Å². The van der Waals surface area contributed by atoms with E-state index in [4.69, 9.17) is 0 Å². The van der Waals surface area contributed by atoms with Crippen molar-refractivity contribution in [3.05, 3.63) is 18.2 Å². The maximum atomic E-state index is 4.24. The Hall–Kier alpha value is -1.52. The molecule has 2 N–H and O–H groups in total. The van der Waals surface area contributed by atoms with E-state index < -0.39 is 0 Å². The second-order valence-electron chi connectivity index (χ2n) is 3.29. The molecule has 0 saturated carbocycles. The van der Waals surface area contributed by atoms with Crippen LogP contribution in [0.15, 0.2) is 17.4 Å². The van der Waals surface area contributed by atoms with E-state index in [0.29, 0.717) is 0 Å². The van der Waals surface area contributed by atoms with Gasteiger partial charge in [0.25, 0.3) is 0 Å². The van der Waals surface area contributed by atoms with Crippen molar-refractivity contribution >= 4 is 5.96 Å². The van der Waals surface area contributed by atoms with Crippen LogP contribution in [0.3, 0.4) is 0 Å². The van der Waals surface area contributed by atoms with Gasteiger partial charge in [-0.1, -0.05) is 0 Å². The molecule has 0 aromatic carbocycles. The molecule has 2 heterocycles. The quantitative estimate of drug-likeness (QED) is 0.681. The predicted molar refractivity (Wildman–Crippen MR) is 55.2 cm³/mol. The van der Waals surface area contributed by atoms with Crippen molar-refractivity contribution in [3.63, 3.8) is 0 Å². The number of nitrogens with zero attached hydrogens (tertiary/aromatic N) is 3. The maximum Gasteiger partial charge on any atom is 0.191 e. The number of hydrogen-bond donors (Lipinski definition) is 2. The van der Waals surface area contributed by atoms with Crippen LogP contribution in [0.1, 0.15) is 5.82 Å². The predicted octanol–water partition coefficient (Wildman–Crippen LogP) is -0.489. The van der Waals surface area contributed by atoms with E-state index in [9.17, 15) is 0 Å². The summed E-state index contributed by atoms with van der Waals surface area (Å²) in [4.78, 5) is 8.49. The molecule has 0 fully saturated rings. The van der Waals surface area contributed by atoms with E-state index in [0.717, 1.165) is 37.8 Å². The molecule has 2 rings (SSSR count). The summed E-state index contributed by atoms with van der Waals surface area (Å²) < 4.78 is 2.03. The van der Waals surface area contributed by atoms with Gasteiger partial charge in [-0.2, -0.15) is 0 Å². The largest absolute Gasteiger partial charge is 0.356 e. The van der Waals surface area contributed by atoms with Gasteiger partial charge >= 0.3 is 0 Å². The summed E-state index contributed by atoms with van der Waals surface area (Å²) in [5.41, 5.74) is 0. The maximum absolute atomic E-state index is 4.24. The molecule has 76 valence electrons. The lowest BCUT2D eigenvalue weighted by molar-refractivity contribution is 0.742. The number of aliphatic imine (C=N–C) groups is 1. The SMILES string of the molecule is Cn1ccnc1CCNC1=NCCN1. The van der Waals surface area contributed by atoms with Gasteiger partial charge < -0.3 is 15.2 Å². The number of aromatic nitrogens is 2. The minimum atomic E-state index is 0.872. The first-order valence-corrected chi connectivity index (χ1v) is 4.84. The van der Waals surface area contributed by atoms with Crippen molar-refractivity contribution in [2.75, 3.05) is 19.6 Å². The van der Waals surface area contributed by atoms with Crippen LogP contribution in [0.4, 0.5) is 0 Å². The van der Waals surface area contributed by atoms with E-state index in [1.807, 2.05) is 24.0 Å². The Morgan fingerprint density at radius 3 is 3.21 bits per heavy atom. The van der Waals surface area contributed by atoms with Gasteiger partial charge in [0.1, 0.15) is 5.82 Å². The van der Waals surface area contributed by atoms with Crippen molar-refractivity contribution in [2.24, 2.45) is 12.0 Å². The molecule has 0 saturated heterocycles. The second kappa shape index (κ2) is 4.13. The van der Waals surface area contributed by atoms with Gasteiger partial charge in [0.05, 0.1) is 6.54 Å². The molecule has 1 aliphatic rings. The monoisotopic (exact) mass is 193 g/mol. The zero-order chi connectivity index (χ0) is 9.80. The number of hydrogen-bond acceptors (Lipinski definition) is 4. The zero-order valence-corrected chi connectivity index (χ0v) is 8.32. The number of nitrogens with one attached hydrogen (secondary N) is 2. The molecule has 14 heavy (non-hydrogen) atoms. The number of guanidine groups is 1. The summed E-state index contributed by atoms with van der Waals surface area (Å²) in [6, 6.07) is 0. The molecule has 0 spiro atoms. The summed E-state index contributed by atoms with van der Waals surface area (Å²) in [6.45, 7) is 2.70. The Morgan fingerprint density at radius 2 is 2.57 bits per heavy atom. The van der Waals surface area contributed by atoms with Crippen molar-refractivity contribution in [1.82, 2.24) is 20.2 Å². The van der Waals surface area contributed by atoms with Gasteiger partial charge in [-0.3, -0.25) is 4.99 Å². The number of aryl methyl sites for hydroxylation is 1. The summed E-state index contributed by atoms with van der Waals surface area (Å²) in [5.74, 6) is 2.01. The third-order valence-corrected chi connectivity index (χ3v) is 2.24. The first-order chi connectivity index (χ1) is 6.86. The van der Waals surface area contributed by atoms with Crippen LogP contribution in [0.5, 0.6) is 0 Å². The van der Waals surface area contributed by atoms with Gasteiger partial charge in [0, 0.05) is 39.0 Å². The Labute approximate surface area is 83.2 Å². The lowest BCUT2D eigenvalue weighted by atomic mass is 10.4. The van der Waals surface area contributed by atoms with Crippen LogP contribution < -0.4 is 10.6 Å². The van der Waals surface area contributed by atoms with Crippen LogP contribution in [-0.4, -0.2) is 35.1 Å². The smallest absolute Gasteiger partial charge is 0.191 e. The fourth-order valence-corrected chi connectivity index (χ4v) is 1.45. The third-order valence-electron chi connectivity index (χ3n) is 2.24. The van der Waals surface area contributed by atoms with E-state index in [1.165, 1.54) is 0 Å². The summed E-state index contributed by atoms with van der Waals surface area (Å²) >= 11 is 0. The zero-order valence-electron chi connectivity index (χ0n) is 8.32. The van der Waals surface area contributed by atoms with Gasteiger partial charge in [-0.15, -0.1) is 0 Å². The molecule has 1 aromatic heterocycles. The van der Waals surface area contributed by atoms with Crippen molar-refractivity contribution in [1.29, 1.82) is 0 Å². The number of imidazole rings is 1. The molecule has 0 aliphatic carbocycles. The summed E-state index contributed by atoms with van der Waals surface area (Å²) in [6.07, 6.45) is 4.70. The molecule has 0 atom stereocenters. The van der Waals surface area contributed by atoms with Crippen molar-refractivity contribution in [3.8, 4) is 0 Å². The fourth-order valence-electron chi connectivity index (χ4n) is 1.45. The van der Waals surface area contributed by atoms with Crippen molar-refractivity contribution in [2.45, 2.75) is 6.42 Å². The van der Waals surface area contributed by atoms with Gasteiger partial charge in [-0.25, -0.2) is 4.98 Å². The molecule has 0 radical (unpaired) electrons. The molecule has 0 bridgehead atoms. The average Bonchev–Trinajstić information content (AvgIpc) is 2.78. The Balaban J connectivity index is 1.75. The first kappa shape index (κ1) is 9.05. The summed E-state index contributed by atoms with van der Waals surface area (Å²) in [7, 11) is 2.01. The minimum absolute atomic E-state index is 0.872. The molecule has 5 nitrogen and oxygen atoms in total. The fraction of sp³-hybridized carbons (Fsp3) is 0.556. The second-order valence-corrected chi connectivity index (χ2v) is 3.29. The molecule has 0 amide bonds. The molecule has 0 unspecified atom stereocenters. The molecule has 1 aliphatic heterocycles. The molecule has 1 aromatic rings. The Bertz CT molecular complexity index is 328. The highest BCUT2D eigenvalue weighted by Gasteiger charge is 2.04. The van der Waals surface area contributed by atoms with Gasteiger partial charge in [0.15, 0.2) is 5.96 Å². The van der Waals surface area contributed by atoms with Gasteiger partial charge in [0.2, 0.25) is 0 Å². The molecular weight excluding hydrogens is 178 g/mol. The molecular formula is C9H15N5. The van der Waals surface area contributed by atoms with Gasteiger partial charge in [-0.05, 0) is 0 Å². The van der Waals surface area contributed by atoms with Crippen LogP contribution >= 0.6 is 0 Å². The topological polar surface area (TPSA) is 54.2 Å². The Morgan fingerprint density at radius 1 is 1.64 bits per heavy atom. The Kier molecular flexibility index (Phi) is 2.67. The highest BCUT2D eigenvalue weighted by molar-refractivity contribution is 5.81. The van der Waals surface area contributed by atoms with Crippen LogP contribution in [0.2, 0.25) is 0 Å². The highest BCUT2D eigenvalue weighted by Crippen LogP contribution is 1.94. The standard InChI is InChI=1S/C9H15N5/c1-14-7-6-10-8(14)2-3-11-9-12-4-5-13-9/h6-7H,2-5H2,1H3,(H2,11,12,13). The van der Waals surface area contributed by atoms with Crippen molar-refractivity contribution < 1.29 is 0 Å². The summed E-state index contributed by atoms with van der Waals surface area (Å²) in [5, 5.41) is 6.40. The van der Waals surface area contributed by atoms with Crippen LogP contribution in [0.25, 0.3) is 0 Å². The highest BCUT2D eigenvalue weighted by atomic mass is 15.2.